The van der Waals surface area contributed by atoms with Gasteiger partial charge < -0.3 is 4.74 Å². The van der Waals surface area contributed by atoms with E-state index in [2.05, 4.69) is 25.7 Å². The SMILES string of the molecule is N#Cc1ccnc(Br)c1OC(F)F. The van der Waals surface area contributed by atoms with Crippen LogP contribution in [0.2, 0.25) is 0 Å². The number of rotatable bonds is 2. The van der Waals surface area contributed by atoms with Gasteiger partial charge in [-0.1, -0.05) is 0 Å². The minimum Gasteiger partial charge on any atom is -0.431 e. The third-order valence-corrected chi connectivity index (χ3v) is 1.75. The van der Waals surface area contributed by atoms with Crippen molar-refractivity contribution in [3.05, 3.63) is 22.4 Å². The Balaban J connectivity index is 3.10. The number of halogens is 3. The number of aromatic nitrogens is 1. The van der Waals surface area contributed by atoms with Gasteiger partial charge in [0.2, 0.25) is 0 Å². The topological polar surface area (TPSA) is 45.9 Å². The average molecular weight is 249 g/mol. The van der Waals surface area contributed by atoms with E-state index in [9.17, 15) is 8.78 Å². The van der Waals surface area contributed by atoms with Gasteiger partial charge in [0.05, 0.1) is 5.56 Å². The molecule has 0 saturated carbocycles. The maximum absolute atomic E-state index is 11.8. The number of alkyl halides is 2. The lowest BCUT2D eigenvalue weighted by atomic mass is 10.3. The molecule has 1 aromatic heterocycles. The largest absolute Gasteiger partial charge is 0.431 e. The van der Waals surface area contributed by atoms with Crippen molar-refractivity contribution in [1.29, 1.82) is 5.26 Å². The summed E-state index contributed by atoms with van der Waals surface area (Å²) in [7, 11) is 0. The lowest BCUT2D eigenvalue weighted by Gasteiger charge is -2.06. The predicted molar refractivity (Wildman–Crippen MR) is 43.3 cm³/mol. The molecular formula is C7H3BrF2N2O. The lowest BCUT2D eigenvalue weighted by molar-refractivity contribution is -0.0508. The minimum absolute atomic E-state index is 0.0159. The molecule has 0 aromatic carbocycles. The zero-order chi connectivity index (χ0) is 9.84. The summed E-state index contributed by atoms with van der Waals surface area (Å²) in [5, 5.41) is 8.53. The Labute approximate surface area is 81.1 Å². The second-order valence-electron chi connectivity index (χ2n) is 1.97. The third kappa shape index (κ3) is 2.36. The van der Waals surface area contributed by atoms with Crippen molar-refractivity contribution in [3.63, 3.8) is 0 Å². The van der Waals surface area contributed by atoms with Crippen molar-refractivity contribution in [3.8, 4) is 11.8 Å². The number of nitrogens with zero attached hydrogens (tertiary/aromatic N) is 2. The van der Waals surface area contributed by atoms with Crippen molar-refractivity contribution in [2.24, 2.45) is 0 Å². The monoisotopic (exact) mass is 248 g/mol. The van der Waals surface area contributed by atoms with Crippen molar-refractivity contribution >= 4 is 15.9 Å². The molecule has 0 unspecified atom stereocenters. The molecule has 1 rings (SSSR count). The molecule has 68 valence electrons. The molecule has 0 amide bonds. The first kappa shape index (κ1) is 9.86. The Morgan fingerprint density at radius 3 is 2.85 bits per heavy atom. The van der Waals surface area contributed by atoms with Gasteiger partial charge in [0.15, 0.2) is 5.75 Å². The van der Waals surface area contributed by atoms with Crippen LogP contribution in [-0.2, 0) is 0 Å². The third-order valence-electron chi connectivity index (χ3n) is 1.19. The average Bonchev–Trinajstić information content (AvgIpc) is 2.08. The van der Waals surface area contributed by atoms with Crippen LogP contribution < -0.4 is 4.74 Å². The molecule has 0 aliphatic rings. The number of hydrogen-bond acceptors (Lipinski definition) is 3. The number of ether oxygens (including phenoxy) is 1. The van der Waals surface area contributed by atoms with Crippen LogP contribution in [0.25, 0.3) is 0 Å². The van der Waals surface area contributed by atoms with E-state index in [4.69, 9.17) is 5.26 Å². The van der Waals surface area contributed by atoms with Crippen LogP contribution in [0, 0.1) is 11.3 Å². The first-order chi connectivity index (χ1) is 6.15. The second-order valence-corrected chi connectivity index (χ2v) is 2.72. The van der Waals surface area contributed by atoms with Crippen molar-refractivity contribution < 1.29 is 13.5 Å². The molecule has 0 saturated heterocycles. The number of pyridine rings is 1. The van der Waals surface area contributed by atoms with Crippen LogP contribution in [0.5, 0.6) is 5.75 Å². The molecule has 0 atom stereocenters. The van der Waals surface area contributed by atoms with Crippen molar-refractivity contribution in [2.75, 3.05) is 0 Å². The molecule has 0 spiro atoms. The Hall–Kier alpha value is -1.22. The van der Waals surface area contributed by atoms with Crippen molar-refractivity contribution in [2.45, 2.75) is 6.61 Å². The van der Waals surface area contributed by atoms with Gasteiger partial charge in [-0.2, -0.15) is 14.0 Å². The summed E-state index contributed by atoms with van der Waals surface area (Å²) in [5.41, 5.74) is 0.0159. The van der Waals surface area contributed by atoms with E-state index in [1.54, 1.807) is 6.07 Å². The van der Waals surface area contributed by atoms with Gasteiger partial charge in [0.25, 0.3) is 0 Å². The second kappa shape index (κ2) is 4.14. The Bertz CT molecular complexity index is 351. The molecule has 0 aliphatic carbocycles. The van der Waals surface area contributed by atoms with Crippen LogP contribution in [0.3, 0.4) is 0 Å². The molecule has 1 aromatic rings. The Morgan fingerprint density at radius 1 is 1.62 bits per heavy atom. The fourth-order valence-corrected chi connectivity index (χ4v) is 1.14. The fourth-order valence-electron chi connectivity index (χ4n) is 0.712. The number of hydrogen-bond donors (Lipinski definition) is 0. The highest BCUT2D eigenvalue weighted by Crippen LogP contribution is 2.27. The highest BCUT2D eigenvalue weighted by atomic mass is 79.9. The van der Waals surface area contributed by atoms with E-state index in [0.717, 1.165) is 0 Å². The van der Waals surface area contributed by atoms with Gasteiger partial charge in [0, 0.05) is 6.20 Å². The highest BCUT2D eigenvalue weighted by molar-refractivity contribution is 9.10. The smallest absolute Gasteiger partial charge is 0.387 e. The molecule has 1 heterocycles. The summed E-state index contributed by atoms with van der Waals surface area (Å²) >= 11 is 2.90. The Kier molecular flexibility index (Phi) is 3.14. The summed E-state index contributed by atoms with van der Waals surface area (Å²) in [6, 6.07) is 3.01. The maximum atomic E-state index is 11.8. The van der Waals surface area contributed by atoms with E-state index in [-0.39, 0.29) is 15.9 Å². The summed E-state index contributed by atoms with van der Waals surface area (Å²) in [6.07, 6.45) is 1.32. The fraction of sp³-hybridized carbons (Fsp3) is 0.143. The summed E-state index contributed by atoms with van der Waals surface area (Å²) < 4.78 is 27.9. The molecule has 0 aliphatic heterocycles. The lowest BCUT2D eigenvalue weighted by Crippen LogP contribution is -2.04. The van der Waals surface area contributed by atoms with Gasteiger partial charge in [0.1, 0.15) is 10.7 Å². The molecule has 0 radical (unpaired) electrons. The van der Waals surface area contributed by atoms with E-state index in [1.165, 1.54) is 12.3 Å². The normalized spacial score (nSPS) is 9.77. The van der Waals surface area contributed by atoms with Crippen LogP contribution in [-0.4, -0.2) is 11.6 Å². The summed E-state index contributed by atoms with van der Waals surface area (Å²) in [5.74, 6) is -0.236. The summed E-state index contributed by atoms with van der Waals surface area (Å²) in [6.45, 7) is -2.97. The van der Waals surface area contributed by atoms with Crippen LogP contribution in [0.4, 0.5) is 8.78 Å². The molecule has 3 nitrogen and oxygen atoms in total. The quantitative estimate of drug-likeness (QED) is 0.755. The standard InChI is InChI=1S/C7H3BrF2N2O/c8-6-5(13-7(9)10)4(3-11)1-2-12-6/h1-2,7H. The van der Waals surface area contributed by atoms with Gasteiger partial charge >= 0.3 is 6.61 Å². The first-order valence-corrected chi connectivity index (χ1v) is 3.94. The van der Waals surface area contributed by atoms with Gasteiger partial charge in [-0.25, -0.2) is 4.98 Å². The molecule has 0 bridgehead atoms. The van der Waals surface area contributed by atoms with Crippen molar-refractivity contribution in [1.82, 2.24) is 4.98 Å². The Morgan fingerprint density at radius 2 is 2.31 bits per heavy atom. The van der Waals surface area contributed by atoms with Crippen LogP contribution >= 0.6 is 15.9 Å². The highest BCUT2D eigenvalue weighted by Gasteiger charge is 2.13. The maximum Gasteiger partial charge on any atom is 0.387 e. The molecular weight excluding hydrogens is 246 g/mol. The van der Waals surface area contributed by atoms with E-state index in [0.29, 0.717) is 0 Å². The van der Waals surface area contributed by atoms with Gasteiger partial charge in [-0.05, 0) is 22.0 Å². The minimum atomic E-state index is -2.97. The molecule has 0 N–H and O–H groups in total. The van der Waals surface area contributed by atoms with E-state index < -0.39 is 6.61 Å². The van der Waals surface area contributed by atoms with Crippen LogP contribution in [0.1, 0.15) is 5.56 Å². The zero-order valence-electron chi connectivity index (χ0n) is 6.17. The number of nitriles is 1. The molecule has 0 fully saturated rings. The zero-order valence-corrected chi connectivity index (χ0v) is 7.75. The van der Waals surface area contributed by atoms with Gasteiger partial charge in [-0.3, -0.25) is 0 Å². The summed E-state index contributed by atoms with van der Waals surface area (Å²) in [4.78, 5) is 3.65. The van der Waals surface area contributed by atoms with E-state index in [1.807, 2.05) is 0 Å². The van der Waals surface area contributed by atoms with E-state index >= 15 is 0 Å². The van der Waals surface area contributed by atoms with Gasteiger partial charge in [-0.15, -0.1) is 0 Å². The predicted octanol–water partition coefficient (Wildman–Crippen LogP) is 2.32. The molecule has 6 heteroatoms. The van der Waals surface area contributed by atoms with Crippen LogP contribution in [0.15, 0.2) is 16.9 Å². The first-order valence-electron chi connectivity index (χ1n) is 3.14. The molecule has 13 heavy (non-hydrogen) atoms.